The number of thiocarbonyl (C=S) groups is 1. The highest BCUT2D eigenvalue weighted by Gasteiger charge is 2.15. The maximum absolute atomic E-state index is 5.49. The number of hydrogen-bond donors (Lipinski definition) is 1. The molecule has 0 saturated heterocycles. The molecule has 0 bridgehead atoms. The molecule has 2 rings (SSSR count). The summed E-state index contributed by atoms with van der Waals surface area (Å²) in [6.07, 6.45) is 6.55. The van der Waals surface area contributed by atoms with Crippen molar-refractivity contribution >= 4 is 33.3 Å². The van der Waals surface area contributed by atoms with E-state index in [0.29, 0.717) is 6.04 Å². The van der Waals surface area contributed by atoms with Gasteiger partial charge in [-0.15, -0.1) is 0 Å². The molecule has 2 nitrogen and oxygen atoms in total. The third kappa shape index (κ3) is 4.77. The molecule has 0 aromatic heterocycles. The molecular formula is C15H21BrN2S. The van der Waals surface area contributed by atoms with Gasteiger partial charge in [-0.3, -0.25) is 0 Å². The predicted molar refractivity (Wildman–Crippen MR) is 88.2 cm³/mol. The second kappa shape index (κ2) is 7.25. The molecule has 0 radical (unpaired) electrons. The van der Waals surface area contributed by atoms with E-state index in [0.717, 1.165) is 16.1 Å². The number of rotatable bonds is 3. The van der Waals surface area contributed by atoms with Crippen molar-refractivity contribution in [2.24, 2.45) is 0 Å². The van der Waals surface area contributed by atoms with E-state index in [2.05, 4.69) is 57.5 Å². The van der Waals surface area contributed by atoms with Gasteiger partial charge in [0, 0.05) is 24.1 Å². The molecule has 1 fully saturated rings. The van der Waals surface area contributed by atoms with Gasteiger partial charge in [-0.2, -0.15) is 0 Å². The van der Waals surface area contributed by atoms with Crippen LogP contribution in [0.5, 0.6) is 0 Å². The normalized spacial score (nSPS) is 16.1. The fourth-order valence-corrected chi connectivity index (χ4v) is 2.96. The zero-order chi connectivity index (χ0) is 13.7. The van der Waals surface area contributed by atoms with Crippen LogP contribution in [0.4, 0.5) is 0 Å². The highest BCUT2D eigenvalue weighted by molar-refractivity contribution is 9.10. The highest BCUT2D eigenvalue weighted by atomic mass is 79.9. The zero-order valence-corrected chi connectivity index (χ0v) is 13.8. The summed E-state index contributed by atoms with van der Waals surface area (Å²) in [6.45, 7) is 0.853. The lowest BCUT2D eigenvalue weighted by Crippen LogP contribution is -2.43. The lowest BCUT2D eigenvalue weighted by atomic mass is 9.96. The van der Waals surface area contributed by atoms with Crippen LogP contribution in [-0.4, -0.2) is 23.1 Å². The lowest BCUT2D eigenvalue weighted by molar-refractivity contribution is 0.392. The van der Waals surface area contributed by atoms with Gasteiger partial charge in [-0.25, -0.2) is 0 Å². The lowest BCUT2D eigenvalue weighted by Gasteiger charge is -2.28. The smallest absolute Gasteiger partial charge is 0.169 e. The molecule has 1 N–H and O–H groups in total. The molecular weight excluding hydrogens is 320 g/mol. The summed E-state index contributed by atoms with van der Waals surface area (Å²) in [5.41, 5.74) is 1.28. The van der Waals surface area contributed by atoms with E-state index in [4.69, 9.17) is 12.2 Å². The van der Waals surface area contributed by atoms with Crippen LogP contribution in [0.1, 0.15) is 37.7 Å². The average molecular weight is 341 g/mol. The fraction of sp³-hybridized carbons (Fsp3) is 0.533. The van der Waals surface area contributed by atoms with E-state index in [1.54, 1.807) is 0 Å². The molecule has 4 heteroatoms. The van der Waals surface area contributed by atoms with Crippen LogP contribution >= 0.6 is 28.1 Å². The molecule has 104 valence electrons. The Morgan fingerprint density at radius 2 is 1.89 bits per heavy atom. The number of hydrogen-bond acceptors (Lipinski definition) is 1. The summed E-state index contributed by atoms with van der Waals surface area (Å²) < 4.78 is 1.11. The van der Waals surface area contributed by atoms with Gasteiger partial charge in [-0.05, 0) is 42.8 Å². The molecule has 1 aromatic carbocycles. The molecule has 0 unspecified atom stereocenters. The minimum absolute atomic E-state index is 0.577. The Balaban J connectivity index is 1.83. The van der Waals surface area contributed by atoms with Gasteiger partial charge in [0.1, 0.15) is 0 Å². The van der Waals surface area contributed by atoms with E-state index < -0.39 is 0 Å². The van der Waals surface area contributed by atoms with Crippen molar-refractivity contribution in [2.75, 3.05) is 7.05 Å². The van der Waals surface area contributed by atoms with Crippen molar-refractivity contribution in [3.8, 4) is 0 Å². The first kappa shape index (κ1) is 14.8. The molecule has 0 heterocycles. The van der Waals surface area contributed by atoms with Crippen LogP contribution in [0.3, 0.4) is 0 Å². The van der Waals surface area contributed by atoms with Crippen molar-refractivity contribution in [3.05, 3.63) is 34.3 Å². The Bertz CT molecular complexity index is 413. The van der Waals surface area contributed by atoms with E-state index in [9.17, 15) is 0 Å². The fourth-order valence-electron chi connectivity index (χ4n) is 2.47. The monoisotopic (exact) mass is 340 g/mol. The molecule has 0 aliphatic heterocycles. The third-order valence-electron chi connectivity index (χ3n) is 3.61. The second-order valence-corrected chi connectivity index (χ2v) is 6.57. The molecule has 0 amide bonds. The number of benzene rings is 1. The van der Waals surface area contributed by atoms with Gasteiger partial charge >= 0.3 is 0 Å². The van der Waals surface area contributed by atoms with Gasteiger partial charge in [0.25, 0.3) is 0 Å². The second-order valence-electron chi connectivity index (χ2n) is 5.27. The first-order valence-electron chi connectivity index (χ1n) is 6.91. The van der Waals surface area contributed by atoms with Crippen molar-refractivity contribution in [2.45, 2.75) is 44.7 Å². The van der Waals surface area contributed by atoms with Gasteiger partial charge in [-0.1, -0.05) is 47.3 Å². The van der Waals surface area contributed by atoms with Gasteiger partial charge in [0.05, 0.1) is 0 Å². The van der Waals surface area contributed by atoms with Gasteiger partial charge < -0.3 is 10.2 Å². The van der Waals surface area contributed by atoms with Crippen LogP contribution in [0.2, 0.25) is 0 Å². The van der Waals surface area contributed by atoms with E-state index >= 15 is 0 Å². The number of nitrogens with one attached hydrogen (secondary N) is 1. The Morgan fingerprint density at radius 1 is 1.26 bits per heavy atom. The average Bonchev–Trinajstić information content (AvgIpc) is 2.42. The Labute approximate surface area is 129 Å². The van der Waals surface area contributed by atoms with Crippen LogP contribution in [0.25, 0.3) is 0 Å². The maximum atomic E-state index is 5.49. The van der Waals surface area contributed by atoms with E-state index in [1.165, 1.54) is 37.7 Å². The van der Waals surface area contributed by atoms with Crippen LogP contribution in [0, 0.1) is 0 Å². The number of nitrogens with zero attached hydrogens (tertiary/aromatic N) is 1. The summed E-state index contributed by atoms with van der Waals surface area (Å²) >= 11 is 8.94. The Morgan fingerprint density at radius 3 is 2.53 bits per heavy atom. The first-order chi connectivity index (χ1) is 9.15. The van der Waals surface area contributed by atoms with Crippen molar-refractivity contribution in [1.82, 2.24) is 10.2 Å². The molecule has 0 spiro atoms. The molecule has 19 heavy (non-hydrogen) atoms. The molecule has 0 atom stereocenters. The molecule has 1 aliphatic carbocycles. The quantitative estimate of drug-likeness (QED) is 0.834. The highest BCUT2D eigenvalue weighted by Crippen LogP contribution is 2.18. The Hall–Kier alpha value is -0.610. The molecule has 1 aromatic rings. The third-order valence-corrected chi connectivity index (χ3v) is 4.57. The van der Waals surface area contributed by atoms with Gasteiger partial charge in [0.2, 0.25) is 0 Å². The summed E-state index contributed by atoms with van der Waals surface area (Å²) in [5, 5.41) is 4.37. The summed E-state index contributed by atoms with van der Waals surface area (Å²) in [7, 11) is 2.06. The van der Waals surface area contributed by atoms with Crippen LogP contribution in [-0.2, 0) is 6.54 Å². The summed E-state index contributed by atoms with van der Waals surface area (Å²) in [4.78, 5) is 2.12. The SMILES string of the molecule is CN(Cc1ccc(Br)cc1)C(=S)NC1CCCCC1. The summed E-state index contributed by atoms with van der Waals surface area (Å²) in [6, 6.07) is 8.98. The zero-order valence-electron chi connectivity index (χ0n) is 11.4. The maximum Gasteiger partial charge on any atom is 0.169 e. The van der Waals surface area contributed by atoms with Crippen LogP contribution in [0.15, 0.2) is 28.7 Å². The van der Waals surface area contributed by atoms with Crippen molar-refractivity contribution < 1.29 is 0 Å². The minimum Gasteiger partial charge on any atom is -0.360 e. The standard InChI is InChI=1S/C15H21BrN2S/c1-18(11-12-7-9-13(16)10-8-12)15(19)17-14-5-3-2-4-6-14/h7-10,14H,2-6,11H2,1H3,(H,17,19). The largest absolute Gasteiger partial charge is 0.360 e. The first-order valence-corrected chi connectivity index (χ1v) is 8.11. The predicted octanol–water partition coefficient (Wildman–Crippen LogP) is 4.09. The Kier molecular flexibility index (Phi) is 5.64. The topological polar surface area (TPSA) is 15.3 Å². The molecule has 1 saturated carbocycles. The van der Waals surface area contributed by atoms with E-state index in [1.807, 2.05) is 0 Å². The molecule has 1 aliphatic rings. The van der Waals surface area contributed by atoms with Crippen molar-refractivity contribution in [1.29, 1.82) is 0 Å². The van der Waals surface area contributed by atoms with Gasteiger partial charge in [0.15, 0.2) is 5.11 Å². The van der Waals surface area contributed by atoms with Crippen LogP contribution < -0.4 is 5.32 Å². The number of halogens is 1. The van der Waals surface area contributed by atoms with Crippen molar-refractivity contribution in [3.63, 3.8) is 0 Å². The van der Waals surface area contributed by atoms with E-state index in [-0.39, 0.29) is 0 Å². The minimum atomic E-state index is 0.577. The summed E-state index contributed by atoms with van der Waals surface area (Å²) in [5.74, 6) is 0.